The van der Waals surface area contributed by atoms with Crippen LogP contribution in [0.4, 0.5) is 0 Å². The van der Waals surface area contributed by atoms with E-state index in [4.69, 9.17) is 15.9 Å². The quantitative estimate of drug-likeness (QED) is 0.653. The van der Waals surface area contributed by atoms with Crippen LogP contribution < -0.4 is 11.5 Å². The second-order valence-corrected chi connectivity index (χ2v) is 2.91. The first-order chi connectivity index (χ1) is 5.84. The standard InChI is InChI=1S/C9H16N2O/c10-6-2-1-4-8(11)9-5-3-7-12-9/h3,5,7-8H,1-2,4,6,10-11H2/t8-/m0/s1. The minimum absolute atomic E-state index is 0.0338. The van der Waals surface area contributed by atoms with Gasteiger partial charge in [-0.3, -0.25) is 0 Å². The van der Waals surface area contributed by atoms with Gasteiger partial charge in [0.2, 0.25) is 0 Å². The summed E-state index contributed by atoms with van der Waals surface area (Å²) in [7, 11) is 0. The van der Waals surface area contributed by atoms with E-state index in [0.717, 1.165) is 31.6 Å². The van der Waals surface area contributed by atoms with Gasteiger partial charge in [-0.15, -0.1) is 0 Å². The van der Waals surface area contributed by atoms with Gasteiger partial charge in [0.25, 0.3) is 0 Å². The first-order valence-electron chi connectivity index (χ1n) is 4.33. The van der Waals surface area contributed by atoms with Gasteiger partial charge in [-0.1, -0.05) is 6.42 Å². The molecule has 0 spiro atoms. The molecule has 0 radical (unpaired) electrons. The zero-order valence-corrected chi connectivity index (χ0v) is 7.20. The average molecular weight is 168 g/mol. The highest BCUT2D eigenvalue weighted by Gasteiger charge is 2.06. The summed E-state index contributed by atoms with van der Waals surface area (Å²) in [5, 5.41) is 0. The van der Waals surface area contributed by atoms with Gasteiger partial charge in [-0.2, -0.15) is 0 Å². The molecule has 1 heterocycles. The Hall–Kier alpha value is -0.800. The van der Waals surface area contributed by atoms with Crippen LogP contribution in [0, 0.1) is 0 Å². The Morgan fingerprint density at radius 2 is 2.25 bits per heavy atom. The molecule has 1 aromatic rings. The lowest BCUT2D eigenvalue weighted by molar-refractivity contribution is 0.443. The molecule has 1 rings (SSSR count). The summed E-state index contributed by atoms with van der Waals surface area (Å²) < 4.78 is 5.17. The lowest BCUT2D eigenvalue weighted by Gasteiger charge is -2.06. The summed E-state index contributed by atoms with van der Waals surface area (Å²) in [6.45, 7) is 0.741. The van der Waals surface area contributed by atoms with Gasteiger partial charge in [-0.25, -0.2) is 0 Å². The Morgan fingerprint density at radius 1 is 1.42 bits per heavy atom. The second kappa shape index (κ2) is 4.95. The molecule has 68 valence electrons. The maximum absolute atomic E-state index is 5.85. The van der Waals surface area contributed by atoms with Crippen LogP contribution in [-0.4, -0.2) is 6.54 Å². The number of furan rings is 1. The van der Waals surface area contributed by atoms with Gasteiger partial charge >= 0.3 is 0 Å². The summed E-state index contributed by atoms with van der Waals surface area (Å²) in [5.41, 5.74) is 11.2. The Labute approximate surface area is 72.7 Å². The molecule has 0 aromatic carbocycles. The molecule has 1 atom stereocenters. The number of rotatable bonds is 5. The van der Waals surface area contributed by atoms with Crippen molar-refractivity contribution in [2.75, 3.05) is 6.54 Å². The second-order valence-electron chi connectivity index (χ2n) is 2.91. The molecule has 0 unspecified atom stereocenters. The minimum atomic E-state index is 0.0338. The predicted octanol–water partition coefficient (Wildman–Crippen LogP) is 1.41. The molecular formula is C9H16N2O. The van der Waals surface area contributed by atoms with Crippen molar-refractivity contribution in [2.45, 2.75) is 25.3 Å². The van der Waals surface area contributed by atoms with Gasteiger partial charge in [0.15, 0.2) is 0 Å². The zero-order valence-electron chi connectivity index (χ0n) is 7.20. The molecule has 0 aliphatic carbocycles. The van der Waals surface area contributed by atoms with Crippen LogP contribution in [0.25, 0.3) is 0 Å². The van der Waals surface area contributed by atoms with Crippen LogP contribution in [-0.2, 0) is 0 Å². The average Bonchev–Trinajstić information content (AvgIpc) is 2.56. The first kappa shape index (κ1) is 9.29. The number of unbranched alkanes of at least 4 members (excludes halogenated alkanes) is 1. The smallest absolute Gasteiger partial charge is 0.120 e. The van der Waals surface area contributed by atoms with E-state index in [9.17, 15) is 0 Å². The van der Waals surface area contributed by atoms with Gasteiger partial charge in [0, 0.05) is 0 Å². The van der Waals surface area contributed by atoms with Crippen molar-refractivity contribution in [3.8, 4) is 0 Å². The largest absolute Gasteiger partial charge is 0.468 e. The van der Waals surface area contributed by atoms with E-state index in [1.165, 1.54) is 0 Å². The highest BCUT2D eigenvalue weighted by atomic mass is 16.3. The van der Waals surface area contributed by atoms with E-state index < -0.39 is 0 Å². The van der Waals surface area contributed by atoms with Crippen LogP contribution in [0.5, 0.6) is 0 Å². The van der Waals surface area contributed by atoms with Crippen LogP contribution in [0.15, 0.2) is 22.8 Å². The van der Waals surface area contributed by atoms with E-state index in [0.29, 0.717) is 0 Å². The molecule has 0 fully saturated rings. The highest BCUT2D eigenvalue weighted by Crippen LogP contribution is 2.16. The Balaban J connectivity index is 2.25. The number of nitrogens with two attached hydrogens (primary N) is 2. The Bertz CT molecular complexity index is 196. The third kappa shape index (κ3) is 2.68. The summed E-state index contributed by atoms with van der Waals surface area (Å²) in [4.78, 5) is 0. The molecule has 0 bridgehead atoms. The zero-order chi connectivity index (χ0) is 8.81. The van der Waals surface area contributed by atoms with E-state index in [-0.39, 0.29) is 6.04 Å². The number of hydrogen-bond acceptors (Lipinski definition) is 3. The molecule has 3 nitrogen and oxygen atoms in total. The Morgan fingerprint density at radius 3 is 2.83 bits per heavy atom. The maximum Gasteiger partial charge on any atom is 0.120 e. The van der Waals surface area contributed by atoms with Crippen molar-refractivity contribution in [1.29, 1.82) is 0 Å². The van der Waals surface area contributed by atoms with Gasteiger partial charge in [0.1, 0.15) is 5.76 Å². The van der Waals surface area contributed by atoms with Crippen molar-refractivity contribution in [3.05, 3.63) is 24.2 Å². The lowest BCUT2D eigenvalue weighted by Crippen LogP contribution is -2.10. The minimum Gasteiger partial charge on any atom is -0.468 e. The Kier molecular flexibility index (Phi) is 3.84. The maximum atomic E-state index is 5.85. The van der Waals surface area contributed by atoms with Gasteiger partial charge in [-0.05, 0) is 31.5 Å². The van der Waals surface area contributed by atoms with E-state index in [2.05, 4.69) is 0 Å². The monoisotopic (exact) mass is 168 g/mol. The highest BCUT2D eigenvalue weighted by molar-refractivity contribution is 5.02. The molecule has 0 amide bonds. The van der Waals surface area contributed by atoms with E-state index in [1.807, 2.05) is 12.1 Å². The number of hydrogen-bond donors (Lipinski definition) is 2. The topological polar surface area (TPSA) is 65.2 Å². The van der Waals surface area contributed by atoms with Gasteiger partial charge < -0.3 is 15.9 Å². The fraction of sp³-hybridized carbons (Fsp3) is 0.556. The fourth-order valence-corrected chi connectivity index (χ4v) is 1.15. The van der Waals surface area contributed by atoms with E-state index in [1.54, 1.807) is 6.26 Å². The molecule has 0 aliphatic rings. The summed E-state index contributed by atoms with van der Waals surface area (Å²) in [5.74, 6) is 0.868. The molecule has 0 saturated carbocycles. The summed E-state index contributed by atoms with van der Waals surface area (Å²) in [6.07, 6.45) is 4.70. The molecule has 0 saturated heterocycles. The van der Waals surface area contributed by atoms with Crippen molar-refractivity contribution < 1.29 is 4.42 Å². The van der Waals surface area contributed by atoms with E-state index >= 15 is 0 Å². The lowest BCUT2D eigenvalue weighted by atomic mass is 10.1. The van der Waals surface area contributed by atoms with Crippen LogP contribution in [0.1, 0.15) is 31.1 Å². The third-order valence-electron chi connectivity index (χ3n) is 1.88. The van der Waals surface area contributed by atoms with Crippen molar-refractivity contribution in [2.24, 2.45) is 11.5 Å². The normalized spacial score (nSPS) is 13.2. The fourth-order valence-electron chi connectivity index (χ4n) is 1.15. The van der Waals surface area contributed by atoms with Crippen LogP contribution in [0.2, 0.25) is 0 Å². The molecular weight excluding hydrogens is 152 g/mol. The molecule has 12 heavy (non-hydrogen) atoms. The van der Waals surface area contributed by atoms with Gasteiger partial charge in [0.05, 0.1) is 12.3 Å². The third-order valence-corrected chi connectivity index (χ3v) is 1.88. The van der Waals surface area contributed by atoms with Crippen LogP contribution >= 0.6 is 0 Å². The van der Waals surface area contributed by atoms with Crippen molar-refractivity contribution in [3.63, 3.8) is 0 Å². The SMILES string of the molecule is NCCCC[C@H](N)c1ccco1. The predicted molar refractivity (Wildman–Crippen MR) is 48.5 cm³/mol. The molecule has 4 N–H and O–H groups in total. The summed E-state index contributed by atoms with van der Waals surface area (Å²) >= 11 is 0. The summed E-state index contributed by atoms with van der Waals surface area (Å²) in [6, 6.07) is 3.80. The molecule has 1 aromatic heterocycles. The van der Waals surface area contributed by atoms with Crippen molar-refractivity contribution in [1.82, 2.24) is 0 Å². The molecule has 0 aliphatic heterocycles. The molecule has 3 heteroatoms. The van der Waals surface area contributed by atoms with Crippen LogP contribution in [0.3, 0.4) is 0 Å². The first-order valence-corrected chi connectivity index (χ1v) is 4.33. The van der Waals surface area contributed by atoms with Crippen molar-refractivity contribution >= 4 is 0 Å².